The predicted molar refractivity (Wildman–Crippen MR) is 89.1 cm³/mol. The predicted octanol–water partition coefficient (Wildman–Crippen LogP) is 1.25. The summed E-state index contributed by atoms with van der Waals surface area (Å²) < 4.78 is 0. The van der Waals surface area contributed by atoms with Crippen molar-refractivity contribution in [1.82, 2.24) is 20.2 Å². The zero-order valence-electron chi connectivity index (χ0n) is 13.7. The highest BCUT2D eigenvalue weighted by Gasteiger charge is 2.19. The number of aliphatic hydroxyl groups is 1. The van der Waals surface area contributed by atoms with Crippen molar-refractivity contribution in [3.63, 3.8) is 0 Å². The van der Waals surface area contributed by atoms with Crippen LogP contribution in [-0.4, -0.2) is 51.6 Å². The van der Waals surface area contributed by atoms with Crippen LogP contribution in [0.5, 0.6) is 0 Å². The number of hydrogen-bond acceptors (Lipinski definition) is 4. The Kier molecular flexibility index (Phi) is 4.63. The number of piperidine rings is 1. The highest BCUT2D eigenvalue weighted by atomic mass is 16.3. The molecule has 1 saturated heterocycles. The van der Waals surface area contributed by atoms with Gasteiger partial charge in [-0.3, -0.25) is 9.69 Å². The second-order valence-corrected chi connectivity index (χ2v) is 6.45. The second kappa shape index (κ2) is 6.68. The second-order valence-electron chi connectivity index (χ2n) is 6.45. The summed E-state index contributed by atoms with van der Waals surface area (Å²) >= 11 is 0. The van der Waals surface area contributed by atoms with Crippen LogP contribution in [0.4, 0.5) is 0 Å². The lowest BCUT2D eigenvalue weighted by Crippen LogP contribution is -2.44. The van der Waals surface area contributed by atoms with Crippen LogP contribution in [0.3, 0.4) is 0 Å². The van der Waals surface area contributed by atoms with E-state index in [1.165, 1.54) is 11.1 Å². The third-order valence-corrected chi connectivity index (χ3v) is 4.45. The summed E-state index contributed by atoms with van der Waals surface area (Å²) in [6.45, 7) is 6.31. The Morgan fingerprint density at radius 3 is 3.00 bits per heavy atom. The summed E-state index contributed by atoms with van der Waals surface area (Å²) in [5.74, 6) is 0.726. The number of carbonyl (C=O) groups is 1. The van der Waals surface area contributed by atoms with Crippen LogP contribution in [0, 0.1) is 13.8 Å². The van der Waals surface area contributed by atoms with Crippen LogP contribution in [0.1, 0.15) is 29.8 Å². The molecular weight excluding hydrogens is 292 g/mol. The van der Waals surface area contributed by atoms with Crippen LogP contribution >= 0.6 is 0 Å². The summed E-state index contributed by atoms with van der Waals surface area (Å²) in [5, 5.41) is 12.5. The van der Waals surface area contributed by atoms with Gasteiger partial charge < -0.3 is 15.4 Å². The fraction of sp³-hybridized carbons (Fsp3) is 0.529. The van der Waals surface area contributed by atoms with Gasteiger partial charge in [-0.15, -0.1) is 0 Å². The number of β-amino-alcohol motifs (C(OH)–C–C–N with tert-alkyl or cyclic N) is 1. The Bertz CT molecular complexity index is 671. The first-order valence-corrected chi connectivity index (χ1v) is 8.14. The standard InChI is InChI=1S/C17H24N4O2/c1-11-6-14-15(7-12(11)2)20-16(19-14)8-18-17(23)10-21-5-3-4-13(22)9-21/h6-7,13,22H,3-5,8-10H2,1-2H3,(H,18,23)(H,19,20). The van der Waals surface area contributed by atoms with Gasteiger partial charge in [-0.1, -0.05) is 0 Å². The minimum atomic E-state index is -0.307. The molecule has 6 nitrogen and oxygen atoms in total. The molecule has 0 spiro atoms. The molecule has 1 aromatic carbocycles. The Balaban J connectivity index is 1.56. The lowest BCUT2D eigenvalue weighted by Gasteiger charge is -2.29. The van der Waals surface area contributed by atoms with Gasteiger partial charge in [-0.2, -0.15) is 0 Å². The van der Waals surface area contributed by atoms with Crippen molar-refractivity contribution in [1.29, 1.82) is 0 Å². The fourth-order valence-electron chi connectivity index (χ4n) is 3.02. The molecule has 124 valence electrons. The number of H-pyrrole nitrogens is 1. The molecule has 2 aromatic rings. The fourth-order valence-corrected chi connectivity index (χ4v) is 3.02. The Labute approximate surface area is 135 Å². The molecule has 1 unspecified atom stereocenters. The van der Waals surface area contributed by atoms with E-state index in [1.807, 2.05) is 4.90 Å². The average molecular weight is 316 g/mol. The number of benzene rings is 1. The zero-order valence-corrected chi connectivity index (χ0v) is 13.7. The van der Waals surface area contributed by atoms with Gasteiger partial charge in [-0.25, -0.2) is 4.98 Å². The number of nitrogens with zero attached hydrogens (tertiary/aromatic N) is 2. The molecule has 2 heterocycles. The van der Waals surface area contributed by atoms with E-state index < -0.39 is 0 Å². The molecule has 3 N–H and O–H groups in total. The summed E-state index contributed by atoms with van der Waals surface area (Å²) in [6.07, 6.45) is 1.46. The number of amides is 1. The minimum absolute atomic E-state index is 0.0353. The van der Waals surface area contributed by atoms with Crippen LogP contribution in [-0.2, 0) is 11.3 Å². The summed E-state index contributed by atoms with van der Waals surface area (Å²) in [4.78, 5) is 21.8. The summed E-state index contributed by atoms with van der Waals surface area (Å²) in [6, 6.07) is 4.14. The van der Waals surface area contributed by atoms with Crippen molar-refractivity contribution in [3.8, 4) is 0 Å². The van der Waals surface area contributed by atoms with E-state index in [9.17, 15) is 9.90 Å². The van der Waals surface area contributed by atoms with E-state index >= 15 is 0 Å². The smallest absolute Gasteiger partial charge is 0.234 e. The third-order valence-electron chi connectivity index (χ3n) is 4.45. The number of carbonyl (C=O) groups excluding carboxylic acids is 1. The van der Waals surface area contributed by atoms with Gasteiger partial charge >= 0.3 is 0 Å². The number of aromatic amines is 1. The van der Waals surface area contributed by atoms with Gasteiger partial charge in [0.25, 0.3) is 0 Å². The minimum Gasteiger partial charge on any atom is -0.392 e. The van der Waals surface area contributed by atoms with Crippen molar-refractivity contribution in [2.45, 2.75) is 39.3 Å². The molecule has 0 aliphatic carbocycles. The van der Waals surface area contributed by atoms with Crippen LogP contribution in [0.15, 0.2) is 12.1 Å². The van der Waals surface area contributed by atoms with E-state index in [0.717, 1.165) is 36.2 Å². The largest absolute Gasteiger partial charge is 0.392 e. The summed E-state index contributed by atoms with van der Waals surface area (Å²) in [7, 11) is 0. The molecule has 0 bridgehead atoms. The lowest BCUT2D eigenvalue weighted by molar-refractivity contribution is -0.123. The van der Waals surface area contributed by atoms with Crippen molar-refractivity contribution in [2.75, 3.05) is 19.6 Å². The number of rotatable bonds is 4. The van der Waals surface area contributed by atoms with Gasteiger partial charge in [0, 0.05) is 6.54 Å². The van der Waals surface area contributed by atoms with Gasteiger partial charge in [0.1, 0.15) is 5.82 Å². The highest BCUT2D eigenvalue weighted by Crippen LogP contribution is 2.17. The number of nitrogens with one attached hydrogen (secondary N) is 2. The molecule has 1 aliphatic heterocycles. The molecule has 1 aliphatic rings. The number of aromatic nitrogens is 2. The number of aryl methyl sites for hydroxylation is 2. The molecule has 1 atom stereocenters. The first-order valence-electron chi connectivity index (χ1n) is 8.14. The van der Waals surface area contributed by atoms with E-state index in [0.29, 0.717) is 19.6 Å². The molecule has 0 saturated carbocycles. The van der Waals surface area contributed by atoms with Crippen molar-refractivity contribution >= 4 is 16.9 Å². The van der Waals surface area contributed by atoms with Gasteiger partial charge in [0.15, 0.2) is 0 Å². The molecule has 1 amide bonds. The molecular formula is C17H24N4O2. The zero-order chi connectivity index (χ0) is 16.4. The molecule has 23 heavy (non-hydrogen) atoms. The normalized spacial score (nSPS) is 19.2. The highest BCUT2D eigenvalue weighted by molar-refractivity contribution is 5.79. The number of aliphatic hydroxyl groups excluding tert-OH is 1. The summed E-state index contributed by atoms with van der Waals surface area (Å²) in [5.41, 5.74) is 4.36. The first-order chi connectivity index (χ1) is 11.0. The number of fused-ring (bicyclic) bond motifs is 1. The van der Waals surface area contributed by atoms with E-state index in [1.54, 1.807) is 0 Å². The lowest BCUT2D eigenvalue weighted by atomic mass is 10.1. The molecule has 0 radical (unpaired) electrons. The maximum atomic E-state index is 12.0. The van der Waals surface area contributed by atoms with E-state index in [4.69, 9.17) is 0 Å². The maximum absolute atomic E-state index is 12.0. The molecule has 1 aromatic heterocycles. The van der Waals surface area contributed by atoms with Crippen molar-refractivity contribution in [3.05, 3.63) is 29.1 Å². The number of likely N-dealkylation sites (tertiary alicyclic amines) is 1. The Morgan fingerprint density at radius 1 is 1.43 bits per heavy atom. The van der Waals surface area contributed by atoms with Crippen molar-refractivity contribution < 1.29 is 9.90 Å². The van der Waals surface area contributed by atoms with Crippen LogP contribution in [0.25, 0.3) is 11.0 Å². The average Bonchev–Trinajstić information content (AvgIpc) is 2.87. The Morgan fingerprint density at radius 2 is 2.22 bits per heavy atom. The first kappa shape index (κ1) is 16.0. The van der Waals surface area contributed by atoms with Crippen LogP contribution < -0.4 is 5.32 Å². The van der Waals surface area contributed by atoms with Crippen LogP contribution in [0.2, 0.25) is 0 Å². The van der Waals surface area contributed by atoms with Gasteiger partial charge in [0.2, 0.25) is 5.91 Å². The number of imidazole rings is 1. The maximum Gasteiger partial charge on any atom is 0.234 e. The molecule has 6 heteroatoms. The quantitative estimate of drug-likeness (QED) is 0.793. The molecule has 3 rings (SSSR count). The topological polar surface area (TPSA) is 81.2 Å². The van der Waals surface area contributed by atoms with Gasteiger partial charge in [-0.05, 0) is 56.5 Å². The van der Waals surface area contributed by atoms with E-state index in [-0.39, 0.29) is 12.0 Å². The Hall–Kier alpha value is -1.92. The third kappa shape index (κ3) is 3.89. The SMILES string of the molecule is Cc1cc2nc(CNC(=O)CN3CCCC(O)C3)[nH]c2cc1C. The van der Waals surface area contributed by atoms with E-state index in [2.05, 4.69) is 41.3 Å². The van der Waals surface area contributed by atoms with Crippen molar-refractivity contribution in [2.24, 2.45) is 0 Å². The monoisotopic (exact) mass is 316 g/mol. The molecule has 1 fully saturated rings. The van der Waals surface area contributed by atoms with Gasteiger partial charge in [0.05, 0.1) is 30.2 Å². The number of hydrogen-bond donors (Lipinski definition) is 3.